The number of rotatable bonds is 2. The van der Waals surface area contributed by atoms with Gasteiger partial charge in [-0.05, 0) is 35.0 Å². The van der Waals surface area contributed by atoms with Crippen molar-refractivity contribution in [2.45, 2.75) is 0 Å². The summed E-state index contributed by atoms with van der Waals surface area (Å²) in [5.74, 6) is 0. The molecular weight excluding hydrogens is 144 g/mol. The minimum Gasteiger partial charge on any atom is -0.145 e. The summed E-state index contributed by atoms with van der Waals surface area (Å²) >= 11 is 0. The predicted octanol–water partition coefficient (Wildman–Crippen LogP) is 2.66. The van der Waals surface area contributed by atoms with E-state index in [-0.39, 0.29) is 11.4 Å². The van der Waals surface area contributed by atoms with E-state index in [1.165, 1.54) is 18.2 Å². The van der Waals surface area contributed by atoms with E-state index >= 15 is 0 Å². The van der Waals surface area contributed by atoms with Crippen molar-refractivity contribution in [3.05, 3.63) is 40.5 Å². The molecule has 0 saturated heterocycles. The van der Waals surface area contributed by atoms with Crippen LogP contribution in [0.15, 0.2) is 28.6 Å². The molecule has 1 aromatic carbocycles. The summed E-state index contributed by atoms with van der Waals surface area (Å²) in [5.41, 5.74) is 0.835. The first-order chi connectivity index (χ1) is 5.27. The van der Waals surface area contributed by atoms with Crippen LogP contribution in [0.1, 0.15) is 5.56 Å². The Kier molecular flexibility index (Phi) is 2.06. The Bertz CT molecular complexity index is 296. The molecule has 4 nitrogen and oxygen atoms in total. The monoisotopic (exact) mass is 149 g/mol. The molecule has 0 aromatic heterocycles. The molecule has 55 valence electrons. The zero-order chi connectivity index (χ0) is 8.27. The van der Waals surface area contributed by atoms with Crippen molar-refractivity contribution < 1.29 is 0 Å². The van der Waals surface area contributed by atoms with Crippen LogP contribution in [0, 0.1) is 16.7 Å². The average molecular weight is 149 g/mol. The Hall–Kier alpha value is -1.58. The second-order valence-corrected chi connectivity index (χ2v) is 2.00. The van der Waals surface area contributed by atoms with Gasteiger partial charge in [-0.2, -0.15) is 0 Å². The van der Waals surface area contributed by atoms with E-state index in [1.807, 2.05) is 0 Å². The zero-order valence-electron chi connectivity index (χ0n) is 5.65. The van der Waals surface area contributed by atoms with Crippen molar-refractivity contribution in [2.75, 3.05) is 0 Å². The van der Waals surface area contributed by atoms with E-state index in [1.54, 1.807) is 0 Å². The lowest BCUT2D eigenvalue weighted by atomic mass is 10.2. The second kappa shape index (κ2) is 3.01. The molecule has 0 unspecified atom stereocenters. The Labute approximate surface area is 63.2 Å². The highest BCUT2D eigenvalue weighted by atomic mass is 16.3. The van der Waals surface area contributed by atoms with Crippen LogP contribution in [0.5, 0.6) is 0 Å². The third kappa shape index (κ3) is 1.46. The number of nitroso groups, excluding NO2 is 2. The van der Waals surface area contributed by atoms with Crippen LogP contribution in [0.3, 0.4) is 0 Å². The number of hydrogen-bond donors (Lipinski definition) is 0. The lowest BCUT2D eigenvalue weighted by Crippen LogP contribution is -1.71. The second-order valence-electron chi connectivity index (χ2n) is 2.00. The molecule has 1 rings (SSSR count). The topological polar surface area (TPSA) is 58.9 Å². The Balaban J connectivity index is 3.22. The van der Waals surface area contributed by atoms with Gasteiger partial charge < -0.3 is 0 Å². The van der Waals surface area contributed by atoms with Crippen LogP contribution in [-0.4, -0.2) is 0 Å². The molecule has 0 atom stereocenters. The fourth-order valence-corrected chi connectivity index (χ4v) is 0.694. The van der Waals surface area contributed by atoms with Gasteiger partial charge in [0.2, 0.25) is 0 Å². The van der Waals surface area contributed by atoms with Gasteiger partial charge in [0.15, 0.2) is 0 Å². The summed E-state index contributed by atoms with van der Waals surface area (Å²) in [6, 6.07) is 4.29. The highest BCUT2D eigenvalue weighted by Gasteiger charge is 1.99. The summed E-state index contributed by atoms with van der Waals surface area (Å²) in [6.07, 6.45) is 0. The number of hydrogen-bond acceptors (Lipinski definition) is 4. The summed E-state index contributed by atoms with van der Waals surface area (Å²) in [6.45, 7) is 3.53. The molecule has 11 heavy (non-hydrogen) atoms. The van der Waals surface area contributed by atoms with E-state index < -0.39 is 0 Å². The predicted molar refractivity (Wildman–Crippen MR) is 41.8 cm³/mol. The van der Waals surface area contributed by atoms with Crippen LogP contribution in [0.4, 0.5) is 11.4 Å². The van der Waals surface area contributed by atoms with Crippen molar-refractivity contribution >= 4 is 11.4 Å². The van der Waals surface area contributed by atoms with E-state index in [9.17, 15) is 9.81 Å². The number of benzene rings is 1. The molecule has 0 amide bonds. The van der Waals surface area contributed by atoms with Gasteiger partial charge in [-0.1, -0.05) is 6.07 Å². The van der Waals surface area contributed by atoms with E-state index in [0.29, 0.717) is 5.56 Å². The van der Waals surface area contributed by atoms with Crippen LogP contribution < -0.4 is 0 Å². The quantitative estimate of drug-likeness (QED) is 0.607. The maximum absolute atomic E-state index is 10.1. The smallest absolute Gasteiger partial charge is 0.113 e. The Morgan fingerprint density at radius 1 is 1.18 bits per heavy atom. The van der Waals surface area contributed by atoms with Gasteiger partial charge in [-0.3, -0.25) is 0 Å². The minimum absolute atomic E-state index is 0.155. The molecule has 0 aliphatic carbocycles. The van der Waals surface area contributed by atoms with Gasteiger partial charge in [0.25, 0.3) is 0 Å². The summed E-state index contributed by atoms with van der Waals surface area (Å²) in [7, 11) is 0. The van der Waals surface area contributed by atoms with Gasteiger partial charge in [-0.15, -0.1) is 9.81 Å². The lowest BCUT2D eigenvalue weighted by Gasteiger charge is -1.94. The molecule has 0 saturated carbocycles. The van der Waals surface area contributed by atoms with Crippen molar-refractivity contribution in [1.29, 1.82) is 0 Å². The minimum atomic E-state index is 0.155. The number of nitrogens with zero attached hydrogens (tertiary/aromatic N) is 2. The van der Waals surface area contributed by atoms with Crippen LogP contribution >= 0.6 is 0 Å². The van der Waals surface area contributed by atoms with Crippen molar-refractivity contribution in [3.8, 4) is 0 Å². The summed E-state index contributed by atoms with van der Waals surface area (Å²) < 4.78 is 0. The fraction of sp³-hybridized carbons (Fsp3) is 0. The standard InChI is InChI=1S/C7H5N2O2/c1-5-2-3-6(8-10)4-7(5)9-11/h2-4H,1H2. The summed E-state index contributed by atoms with van der Waals surface area (Å²) in [5, 5.41) is 5.31. The van der Waals surface area contributed by atoms with Gasteiger partial charge in [0.1, 0.15) is 11.4 Å². The van der Waals surface area contributed by atoms with Crippen molar-refractivity contribution in [3.63, 3.8) is 0 Å². The first-order valence-corrected chi connectivity index (χ1v) is 2.90. The highest BCUT2D eigenvalue weighted by Crippen LogP contribution is 2.23. The molecule has 0 N–H and O–H groups in total. The van der Waals surface area contributed by atoms with Crippen molar-refractivity contribution in [2.24, 2.45) is 10.4 Å². The van der Waals surface area contributed by atoms with Gasteiger partial charge in [0.05, 0.1) is 0 Å². The molecule has 0 fully saturated rings. The highest BCUT2D eigenvalue weighted by molar-refractivity contribution is 5.56. The maximum Gasteiger partial charge on any atom is 0.113 e. The lowest BCUT2D eigenvalue weighted by molar-refractivity contribution is 1.41. The normalized spacial score (nSPS) is 9.18. The average Bonchev–Trinajstić information content (AvgIpc) is 2.05. The van der Waals surface area contributed by atoms with Crippen molar-refractivity contribution in [1.82, 2.24) is 0 Å². The van der Waals surface area contributed by atoms with E-state index in [0.717, 1.165) is 0 Å². The van der Waals surface area contributed by atoms with Crippen LogP contribution in [-0.2, 0) is 0 Å². The largest absolute Gasteiger partial charge is 0.145 e. The molecule has 0 aliphatic heterocycles. The molecular formula is C7H5N2O2. The molecule has 0 spiro atoms. The molecule has 0 bridgehead atoms. The summed E-state index contributed by atoms with van der Waals surface area (Å²) in [4.78, 5) is 20.0. The Morgan fingerprint density at radius 2 is 1.91 bits per heavy atom. The SMILES string of the molecule is [CH2]c1ccc(N=O)cc1N=O. The molecule has 0 heterocycles. The maximum atomic E-state index is 10.1. The zero-order valence-corrected chi connectivity index (χ0v) is 5.65. The Morgan fingerprint density at radius 3 is 2.45 bits per heavy atom. The van der Waals surface area contributed by atoms with E-state index in [2.05, 4.69) is 17.3 Å². The molecule has 1 aromatic rings. The fourth-order valence-electron chi connectivity index (χ4n) is 0.694. The third-order valence-electron chi connectivity index (χ3n) is 1.27. The van der Waals surface area contributed by atoms with Gasteiger partial charge in [-0.25, -0.2) is 0 Å². The van der Waals surface area contributed by atoms with Crippen LogP contribution in [0.25, 0.3) is 0 Å². The molecule has 4 heteroatoms. The van der Waals surface area contributed by atoms with Gasteiger partial charge in [0, 0.05) is 0 Å². The van der Waals surface area contributed by atoms with E-state index in [4.69, 9.17) is 0 Å². The van der Waals surface area contributed by atoms with Gasteiger partial charge >= 0.3 is 0 Å². The first-order valence-electron chi connectivity index (χ1n) is 2.90. The molecule has 0 aliphatic rings. The first kappa shape index (κ1) is 7.53. The van der Waals surface area contributed by atoms with Crippen LogP contribution in [0.2, 0.25) is 0 Å². The molecule has 1 radical (unpaired) electrons. The third-order valence-corrected chi connectivity index (χ3v) is 1.27.